The van der Waals surface area contributed by atoms with Gasteiger partial charge in [0, 0.05) is 17.8 Å². The molecule has 0 radical (unpaired) electrons. The lowest BCUT2D eigenvalue weighted by atomic mass is 9.87. The molecule has 2 atom stereocenters. The molecule has 1 aliphatic heterocycles. The first-order chi connectivity index (χ1) is 18.5. The van der Waals surface area contributed by atoms with Crippen LogP contribution in [0.1, 0.15) is 46.4 Å². The standard InChI is InChI=1S/C32H29FN2O3/c1-2-29(31(36)34-26-16-14-25(33)15-17-26)38-27-18-13-22-19-20-35(32(37)24-11-7-4-8-12-24)30(28(22)21-27)23-9-5-3-6-10-23/h3-18,21,29-30H,2,19-20H2,1H3,(H,34,36). The number of nitrogens with one attached hydrogen (secondary N) is 1. The molecule has 0 saturated heterocycles. The Morgan fingerprint density at radius 2 is 1.63 bits per heavy atom. The van der Waals surface area contributed by atoms with Gasteiger partial charge in [0.15, 0.2) is 6.10 Å². The summed E-state index contributed by atoms with van der Waals surface area (Å²) >= 11 is 0. The van der Waals surface area contributed by atoms with E-state index in [1.807, 2.05) is 90.7 Å². The maximum absolute atomic E-state index is 13.6. The van der Waals surface area contributed by atoms with Crippen LogP contribution in [0, 0.1) is 5.82 Å². The molecule has 4 aromatic rings. The first kappa shape index (κ1) is 25.2. The molecule has 5 nitrogen and oxygen atoms in total. The first-order valence-electron chi connectivity index (χ1n) is 12.8. The normalized spacial score (nSPS) is 15.3. The van der Waals surface area contributed by atoms with Crippen molar-refractivity contribution < 1.29 is 18.7 Å². The second-order valence-corrected chi connectivity index (χ2v) is 9.30. The number of fused-ring (bicyclic) bond motifs is 1. The molecule has 192 valence electrons. The van der Waals surface area contributed by atoms with E-state index >= 15 is 0 Å². The van der Waals surface area contributed by atoms with Crippen molar-refractivity contribution >= 4 is 17.5 Å². The monoisotopic (exact) mass is 508 g/mol. The summed E-state index contributed by atoms with van der Waals surface area (Å²) in [5, 5.41) is 2.79. The van der Waals surface area contributed by atoms with Gasteiger partial charge in [-0.2, -0.15) is 0 Å². The van der Waals surface area contributed by atoms with Crippen LogP contribution in [0.15, 0.2) is 103 Å². The molecular formula is C32H29FN2O3. The van der Waals surface area contributed by atoms with Gasteiger partial charge in [-0.15, -0.1) is 0 Å². The van der Waals surface area contributed by atoms with E-state index in [-0.39, 0.29) is 23.7 Å². The molecule has 2 amide bonds. The van der Waals surface area contributed by atoms with Crippen LogP contribution in [0.3, 0.4) is 0 Å². The second kappa shape index (κ2) is 11.3. The molecule has 38 heavy (non-hydrogen) atoms. The number of benzene rings is 4. The summed E-state index contributed by atoms with van der Waals surface area (Å²) in [6.07, 6.45) is 0.434. The maximum atomic E-state index is 13.6. The smallest absolute Gasteiger partial charge is 0.265 e. The second-order valence-electron chi connectivity index (χ2n) is 9.30. The third-order valence-corrected chi connectivity index (χ3v) is 6.80. The summed E-state index contributed by atoms with van der Waals surface area (Å²) in [7, 11) is 0. The molecule has 1 aliphatic rings. The van der Waals surface area contributed by atoms with Gasteiger partial charge in [-0.3, -0.25) is 9.59 Å². The van der Waals surface area contributed by atoms with Crippen LogP contribution in [0.5, 0.6) is 5.75 Å². The molecule has 5 rings (SSSR count). The molecule has 0 fully saturated rings. The fourth-order valence-electron chi connectivity index (χ4n) is 4.87. The number of halogens is 1. The van der Waals surface area contributed by atoms with Crippen molar-refractivity contribution in [2.45, 2.75) is 31.9 Å². The zero-order chi connectivity index (χ0) is 26.5. The molecule has 1 N–H and O–H groups in total. The number of nitrogens with zero attached hydrogens (tertiary/aromatic N) is 1. The van der Waals surface area contributed by atoms with Crippen LogP contribution in [0.25, 0.3) is 0 Å². The number of anilines is 1. The van der Waals surface area contributed by atoms with Gasteiger partial charge < -0.3 is 15.0 Å². The molecule has 0 aliphatic carbocycles. The highest BCUT2D eigenvalue weighted by atomic mass is 19.1. The topological polar surface area (TPSA) is 58.6 Å². The average Bonchev–Trinajstić information content (AvgIpc) is 2.96. The molecule has 0 saturated carbocycles. The van der Waals surface area contributed by atoms with Gasteiger partial charge in [-0.1, -0.05) is 61.5 Å². The highest BCUT2D eigenvalue weighted by Gasteiger charge is 2.33. The van der Waals surface area contributed by atoms with Crippen LogP contribution >= 0.6 is 0 Å². The van der Waals surface area contributed by atoms with Crippen LogP contribution < -0.4 is 10.1 Å². The van der Waals surface area contributed by atoms with Gasteiger partial charge in [0.25, 0.3) is 11.8 Å². The molecule has 1 heterocycles. The summed E-state index contributed by atoms with van der Waals surface area (Å²) in [6, 6.07) is 30.5. The van der Waals surface area contributed by atoms with Crippen molar-refractivity contribution in [1.82, 2.24) is 4.90 Å². The third-order valence-electron chi connectivity index (χ3n) is 6.80. The number of ether oxygens (including phenoxy) is 1. The molecule has 0 spiro atoms. The van der Waals surface area contributed by atoms with Crippen LogP contribution in [-0.2, 0) is 11.2 Å². The fraction of sp³-hybridized carbons (Fsp3) is 0.188. The highest BCUT2D eigenvalue weighted by Crippen LogP contribution is 2.38. The summed E-state index contributed by atoms with van der Waals surface area (Å²) < 4.78 is 19.4. The number of carbonyl (C=O) groups is 2. The minimum atomic E-state index is -0.737. The lowest BCUT2D eigenvalue weighted by molar-refractivity contribution is -0.122. The van der Waals surface area contributed by atoms with Crippen molar-refractivity contribution in [1.29, 1.82) is 0 Å². The molecule has 2 unspecified atom stereocenters. The Labute approximate surface area is 221 Å². The quantitative estimate of drug-likeness (QED) is 0.314. The summed E-state index contributed by atoms with van der Waals surface area (Å²) in [5.74, 6) is -0.147. The summed E-state index contributed by atoms with van der Waals surface area (Å²) in [6.45, 7) is 2.47. The summed E-state index contributed by atoms with van der Waals surface area (Å²) in [4.78, 5) is 28.4. The van der Waals surface area contributed by atoms with E-state index in [1.165, 1.54) is 24.3 Å². The van der Waals surface area contributed by atoms with Crippen molar-refractivity contribution in [3.63, 3.8) is 0 Å². The largest absolute Gasteiger partial charge is 0.481 e. The van der Waals surface area contributed by atoms with Crippen LogP contribution in [0.4, 0.5) is 10.1 Å². The fourth-order valence-corrected chi connectivity index (χ4v) is 4.87. The van der Waals surface area contributed by atoms with Gasteiger partial charge in [0.05, 0.1) is 6.04 Å². The average molecular weight is 509 g/mol. The van der Waals surface area contributed by atoms with Crippen LogP contribution in [-0.4, -0.2) is 29.4 Å². The van der Waals surface area contributed by atoms with Gasteiger partial charge in [-0.25, -0.2) is 4.39 Å². The van der Waals surface area contributed by atoms with E-state index in [0.29, 0.717) is 30.0 Å². The Hall–Kier alpha value is -4.45. The van der Waals surface area contributed by atoms with Gasteiger partial charge >= 0.3 is 0 Å². The molecular weight excluding hydrogens is 479 g/mol. The number of carbonyl (C=O) groups excluding carboxylic acids is 2. The van der Waals surface area contributed by atoms with Crippen LogP contribution in [0.2, 0.25) is 0 Å². The Kier molecular flexibility index (Phi) is 7.50. The molecule has 0 bridgehead atoms. The maximum Gasteiger partial charge on any atom is 0.265 e. The molecule has 6 heteroatoms. The predicted octanol–water partition coefficient (Wildman–Crippen LogP) is 6.41. The lowest BCUT2D eigenvalue weighted by Gasteiger charge is -2.38. The Bertz CT molecular complexity index is 1410. The SMILES string of the molecule is CCC(Oc1ccc2c(c1)C(c1ccccc1)N(C(=O)c1ccccc1)CC2)C(=O)Nc1ccc(F)cc1. The van der Waals surface area contributed by atoms with E-state index in [4.69, 9.17) is 4.74 Å². The molecule has 4 aromatic carbocycles. The Morgan fingerprint density at radius 1 is 0.947 bits per heavy atom. The predicted molar refractivity (Wildman–Crippen MR) is 146 cm³/mol. The number of amides is 2. The Balaban J connectivity index is 1.44. The van der Waals surface area contributed by atoms with E-state index in [9.17, 15) is 14.0 Å². The zero-order valence-electron chi connectivity index (χ0n) is 21.1. The lowest BCUT2D eigenvalue weighted by Crippen LogP contribution is -2.40. The minimum Gasteiger partial charge on any atom is -0.481 e. The van der Waals surface area contributed by atoms with Crippen molar-refractivity contribution in [2.75, 3.05) is 11.9 Å². The van der Waals surface area contributed by atoms with E-state index < -0.39 is 6.10 Å². The van der Waals surface area contributed by atoms with Crippen molar-refractivity contribution in [3.8, 4) is 5.75 Å². The Morgan fingerprint density at radius 3 is 2.32 bits per heavy atom. The zero-order valence-corrected chi connectivity index (χ0v) is 21.1. The van der Waals surface area contributed by atoms with Gasteiger partial charge in [-0.05, 0) is 78.1 Å². The first-order valence-corrected chi connectivity index (χ1v) is 12.8. The van der Waals surface area contributed by atoms with E-state index in [1.54, 1.807) is 0 Å². The molecule has 0 aromatic heterocycles. The third kappa shape index (κ3) is 5.44. The van der Waals surface area contributed by atoms with Crippen molar-refractivity contribution in [3.05, 3.63) is 131 Å². The minimum absolute atomic E-state index is 0.0264. The van der Waals surface area contributed by atoms with E-state index in [2.05, 4.69) is 5.32 Å². The van der Waals surface area contributed by atoms with Crippen molar-refractivity contribution in [2.24, 2.45) is 0 Å². The number of rotatable bonds is 7. The number of hydrogen-bond acceptors (Lipinski definition) is 3. The van der Waals surface area contributed by atoms with Gasteiger partial charge in [0.2, 0.25) is 0 Å². The van der Waals surface area contributed by atoms with Gasteiger partial charge in [0.1, 0.15) is 11.6 Å². The number of hydrogen-bond donors (Lipinski definition) is 1. The van der Waals surface area contributed by atoms with E-state index in [0.717, 1.165) is 23.1 Å². The summed E-state index contributed by atoms with van der Waals surface area (Å²) in [5.41, 5.74) is 4.29. The highest BCUT2D eigenvalue weighted by molar-refractivity contribution is 5.95.